The van der Waals surface area contributed by atoms with Gasteiger partial charge in [-0.15, -0.1) is 0 Å². The van der Waals surface area contributed by atoms with E-state index in [1.807, 2.05) is 27.7 Å². The minimum atomic E-state index is -0.505. The lowest BCUT2D eigenvalue weighted by atomic mass is 10.1. The molecule has 0 aliphatic carbocycles. The molecular weight excluding hydrogens is 328 g/mol. The smallest absolute Gasteiger partial charge is 0.229 e. The van der Waals surface area contributed by atoms with Crippen molar-refractivity contribution >= 4 is 24.4 Å². The molecule has 24 heavy (non-hydrogen) atoms. The molecule has 0 heterocycles. The van der Waals surface area contributed by atoms with Gasteiger partial charge in [0.1, 0.15) is 0 Å². The van der Waals surface area contributed by atoms with Gasteiger partial charge < -0.3 is 20.1 Å². The van der Waals surface area contributed by atoms with Crippen LogP contribution in [0.3, 0.4) is 0 Å². The van der Waals surface area contributed by atoms with Crippen LogP contribution in [0.4, 0.5) is 0 Å². The summed E-state index contributed by atoms with van der Waals surface area (Å²) < 4.78 is 11.6. The van der Waals surface area contributed by atoms with Gasteiger partial charge in [-0.25, -0.2) is 0 Å². The molecule has 0 radical (unpaired) electrons. The Hall–Kier alpha value is -0.790. The van der Waals surface area contributed by atoms with Crippen molar-refractivity contribution in [3.63, 3.8) is 0 Å². The molecule has 0 aromatic heterocycles. The second kappa shape index (κ2) is 11.7. The number of carbonyl (C=O) groups excluding carboxylic acids is 2. The number of rotatable bonds is 13. The fourth-order valence-corrected chi connectivity index (χ4v) is 1.85. The Morgan fingerprint density at radius 3 is 2.25 bits per heavy atom. The third kappa shape index (κ3) is 12.6. The number of ether oxygens (including phenoxy) is 2. The van der Waals surface area contributed by atoms with Gasteiger partial charge in [-0.3, -0.25) is 9.59 Å². The Kier molecular flexibility index (Phi) is 11.3. The van der Waals surface area contributed by atoms with Crippen molar-refractivity contribution in [2.45, 2.75) is 65.1 Å². The Labute approximate surface area is 151 Å². The first kappa shape index (κ1) is 23.2. The average Bonchev–Trinajstić information content (AvgIpc) is 2.51. The lowest BCUT2D eigenvalue weighted by molar-refractivity contribution is -0.133. The van der Waals surface area contributed by atoms with E-state index in [-0.39, 0.29) is 17.6 Å². The molecule has 0 rings (SSSR count). The monoisotopic (exact) mass is 362 g/mol. The fraction of sp³-hybridized carbons (Fsp3) is 0.882. The lowest BCUT2D eigenvalue weighted by Crippen LogP contribution is -2.44. The Morgan fingerprint density at radius 1 is 1.00 bits per heavy atom. The molecule has 142 valence electrons. The molecule has 0 saturated heterocycles. The largest absolute Gasteiger partial charge is 0.373 e. The Balaban J connectivity index is 4.02. The summed E-state index contributed by atoms with van der Waals surface area (Å²) in [5, 5.41) is 5.62. The van der Waals surface area contributed by atoms with Gasteiger partial charge >= 0.3 is 0 Å². The predicted octanol–water partition coefficient (Wildman–Crippen LogP) is 1.93. The minimum absolute atomic E-state index is 0.00923. The van der Waals surface area contributed by atoms with Gasteiger partial charge in [-0.05, 0) is 34.1 Å². The number of thiol groups is 1. The van der Waals surface area contributed by atoms with E-state index in [0.717, 1.165) is 12.8 Å². The van der Waals surface area contributed by atoms with Crippen molar-refractivity contribution < 1.29 is 19.1 Å². The number of hydrogen-bond donors (Lipinski definition) is 3. The van der Waals surface area contributed by atoms with Gasteiger partial charge in [0, 0.05) is 19.5 Å². The SMILES string of the molecule is CCCCNC(=O)CCOC(C)(C)COC(C)(C)CNC(=O)CS. The van der Waals surface area contributed by atoms with Crippen LogP contribution < -0.4 is 10.6 Å². The van der Waals surface area contributed by atoms with E-state index in [9.17, 15) is 9.59 Å². The predicted molar refractivity (Wildman–Crippen MR) is 99.5 cm³/mol. The lowest BCUT2D eigenvalue weighted by Gasteiger charge is -2.32. The van der Waals surface area contributed by atoms with Crippen LogP contribution in [-0.2, 0) is 19.1 Å². The standard InChI is InChI=1S/C17H34N2O4S/c1-6-7-9-18-14(20)8-10-22-17(4,5)13-23-16(2,3)12-19-15(21)11-24/h24H,6-13H2,1-5H3,(H,18,20)(H,19,21). The number of unbranched alkanes of at least 4 members (excludes halogenated alkanes) is 1. The maximum Gasteiger partial charge on any atom is 0.229 e. The molecule has 0 bridgehead atoms. The molecule has 0 aliphatic heterocycles. The summed E-state index contributed by atoms with van der Waals surface area (Å²) >= 11 is 3.92. The first-order valence-corrected chi connectivity index (χ1v) is 9.17. The molecule has 2 N–H and O–H groups in total. The molecular formula is C17H34N2O4S. The molecule has 0 saturated carbocycles. The van der Waals surface area contributed by atoms with Gasteiger partial charge in [0.25, 0.3) is 0 Å². The summed E-state index contributed by atoms with van der Waals surface area (Å²) in [5.74, 6) is 0.0416. The van der Waals surface area contributed by atoms with Crippen LogP contribution in [0.1, 0.15) is 53.9 Å². The first-order valence-electron chi connectivity index (χ1n) is 8.54. The van der Waals surface area contributed by atoms with E-state index < -0.39 is 11.2 Å². The third-order valence-corrected chi connectivity index (χ3v) is 3.63. The highest BCUT2D eigenvalue weighted by molar-refractivity contribution is 7.81. The van der Waals surface area contributed by atoms with Crippen LogP contribution in [-0.4, -0.2) is 55.1 Å². The van der Waals surface area contributed by atoms with Gasteiger partial charge in [0.05, 0.1) is 30.2 Å². The number of carbonyl (C=O) groups is 2. The molecule has 7 heteroatoms. The van der Waals surface area contributed by atoms with Crippen molar-refractivity contribution in [3.8, 4) is 0 Å². The molecule has 0 aromatic rings. The first-order chi connectivity index (χ1) is 11.1. The van der Waals surface area contributed by atoms with Crippen molar-refractivity contribution in [3.05, 3.63) is 0 Å². The molecule has 0 fully saturated rings. The van der Waals surface area contributed by atoms with Gasteiger partial charge in [-0.1, -0.05) is 13.3 Å². The molecule has 0 atom stereocenters. The zero-order valence-corrected chi connectivity index (χ0v) is 16.6. The minimum Gasteiger partial charge on any atom is -0.373 e. The zero-order valence-electron chi connectivity index (χ0n) is 15.7. The van der Waals surface area contributed by atoms with Crippen molar-refractivity contribution in [1.82, 2.24) is 10.6 Å². The zero-order chi connectivity index (χ0) is 18.6. The summed E-state index contributed by atoms with van der Waals surface area (Å²) in [5.41, 5.74) is -1.01. The molecule has 0 spiro atoms. The number of nitrogens with one attached hydrogen (secondary N) is 2. The highest BCUT2D eigenvalue weighted by atomic mass is 32.1. The van der Waals surface area contributed by atoms with Crippen molar-refractivity contribution in [1.29, 1.82) is 0 Å². The number of hydrogen-bond acceptors (Lipinski definition) is 5. The molecule has 6 nitrogen and oxygen atoms in total. The summed E-state index contributed by atoms with van der Waals surface area (Å²) in [6, 6.07) is 0. The molecule has 0 aliphatic rings. The summed E-state index contributed by atoms with van der Waals surface area (Å²) in [6.07, 6.45) is 2.39. The van der Waals surface area contributed by atoms with E-state index in [1.165, 1.54) is 0 Å². The van der Waals surface area contributed by atoms with Crippen LogP contribution in [0.15, 0.2) is 0 Å². The van der Waals surface area contributed by atoms with E-state index in [1.54, 1.807) is 0 Å². The highest BCUT2D eigenvalue weighted by Gasteiger charge is 2.26. The quantitative estimate of drug-likeness (QED) is 0.346. The van der Waals surface area contributed by atoms with Gasteiger partial charge in [0.15, 0.2) is 0 Å². The van der Waals surface area contributed by atoms with E-state index in [2.05, 4.69) is 30.2 Å². The topological polar surface area (TPSA) is 76.7 Å². The van der Waals surface area contributed by atoms with Crippen molar-refractivity contribution in [2.75, 3.05) is 32.1 Å². The second-order valence-corrected chi connectivity index (χ2v) is 7.36. The second-order valence-electron chi connectivity index (χ2n) is 7.04. The fourth-order valence-electron chi connectivity index (χ4n) is 1.74. The summed E-state index contributed by atoms with van der Waals surface area (Å²) in [6.45, 7) is 11.6. The van der Waals surface area contributed by atoms with E-state index >= 15 is 0 Å². The van der Waals surface area contributed by atoms with E-state index in [0.29, 0.717) is 32.7 Å². The third-order valence-electron chi connectivity index (χ3n) is 3.34. The Morgan fingerprint density at radius 2 is 1.67 bits per heavy atom. The Bertz CT molecular complexity index is 387. The summed E-state index contributed by atoms with van der Waals surface area (Å²) in [4.78, 5) is 22.9. The van der Waals surface area contributed by atoms with Crippen LogP contribution in [0.5, 0.6) is 0 Å². The van der Waals surface area contributed by atoms with Gasteiger partial charge in [-0.2, -0.15) is 12.6 Å². The molecule has 2 amide bonds. The molecule has 0 unspecified atom stereocenters. The normalized spacial score (nSPS) is 12.1. The van der Waals surface area contributed by atoms with E-state index in [4.69, 9.17) is 9.47 Å². The van der Waals surface area contributed by atoms with Crippen LogP contribution in [0.25, 0.3) is 0 Å². The number of amides is 2. The van der Waals surface area contributed by atoms with Crippen LogP contribution >= 0.6 is 12.6 Å². The maximum absolute atomic E-state index is 11.6. The van der Waals surface area contributed by atoms with Gasteiger partial charge in [0.2, 0.25) is 11.8 Å². The highest BCUT2D eigenvalue weighted by Crippen LogP contribution is 2.16. The van der Waals surface area contributed by atoms with Crippen LogP contribution in [0.2, 0.25) is 0 Å². The maximum atomic E-state index is 11.6. The van der Waals surface area contributed by atoms with Crippen LogP contribution in [0, 0.1) is 0 Å². The average molecular weight is 363 g/mol. The summed E-state index contributed by atoms with van der Waals surface area (Å²) in [7, 11) is 0. The van der Waals surface area contributed by atoms with Crippen molar-refractivity contribution in [2.24, 2.45) is 0 Å². The molecule has 0 aromatic carbocycles.